The Morgan fingerprint density at radius 3 is 2.48 bits per heavy atom. The fourth-order valence-corrected chi connectivity index (χ4v) is 4.46. The number of hydrogen-bond acceptors (Lipinski definition) is 4. The maximum absolute atomic E-state index is 13.4. The van der Waals surface area contributed by atoms with E-state index in [2.05, 4.69) is 6.07 Å². The summed E-state index contributed by atoms with van der Waals surface area (Å²) < 4.78 is 1.65. The van der Waals surface area contributed by atoms with Gasteiger partial charge >= 0.3 is 0 Å². The molecule has 1 amide bonds. The molecule has 1 heterocycles. The molecule has 6 heteroatoms. The van der Waals surface area contributed by atoms with E-state index in [9.17, 15) is 9.59 Å². The van der Waals surface area contributed by atoms with Gasteiger partial charge in [-0.3, -0.25) is 14.2 Å². The van der Waals surface area contributed by atoms with E-state index in [1.54, 1.807) is 15.5 Å². The third-order valence-electron chi connectivity index (χ3n) is 5.04. The molecule has 2 aromatic carbocycles. The Morgan fingerprint density at radius 1 is 1.14 bits per heavy atom. The lowest BCUT2D eigenvalue weighted by atomic mass is 10.1. The van der Waals surface area contributed by atoms with Crippen LogP contribution in [0.1, 0.15) is 31.9 Å². The highest BCUT2D eigenvalue weighted by molar-refractivity contribution is 8.00. The number of carbonyl (C=O) groups excluding carboxylic acids is 1. The number of amides is 1. The van der Waals surface area contributed by atoms with Crippen LogP contribution in [-0.4, -0.2) is 38.7 Å². The van der Waals surface area contributed by atoms with E-state index < -0.39 is 0 Å². The van der Waals surface area contributed by atoms with Gasteiger partial charge in [-0.1, -0.05) is 41.6 Å². The van der Waals surface area contributed by atoms with Crippen molar-refractivity contribution in [3.8, 4) is 5.69 Å². The van der Waals surface area contributed by atoms with Gasteiger partial charge in [0.1, 0.15) is 0 Å². The fourth-order valence-electron chi connectivity index (χ4n) is 3.46. The predicted octanol–water partition coefficient (Wildman–Crippen LogP) is 4.35. The van der Waals surface area contributed by atoms with Crippen molar-refractivity contribution in [2.45, 2.75) is 45.0 Å². The van der Waals surface area contributed by atoms with Crippen molar-refractivity contribution in [2.24, 2.45) is 0 Å². The van der Waals surface area contributed by atoms with Crippen molar-refractivity contribution in [1.82, 2.24) is 14.5 Å². The van der Waals surface area contributed by atoms with Crippen LogP contribution >= 0.6 is 11.8 Å². The first kappa shape index (κ1) is 21.1. The Bertz CT molecular complexity index is 1100. The Kier molecular flexibility index (Phi) is 6.42. The lowest BCUT2D eigenvalue weighted by Gasteiger charge is -2.23. The third kappa shape index (κ3) is 4.22. The summed E-state index contributed by atoms with van der Waals surface area (Å²) in [7, 11) is 0. The molecule has 0 radical (unpaired) electrons. The van der Waals surface area contributed by atoms with Gasteiger partial charge in [0.05, 0.1) is 21.8 Å². The van der Waals surface area contributed by atoms with Gasteiger partial charge in [0, 0.05) is 13.1 Å². The largest absolute Gasteiger partial charge is 0.342 e. The summed E-state index contributed by atoms with van der Waals surface area (Å²) in [5.41, 5.74) is 3.45. The van der Waals surface area contributed by atoms with E-state index in [-0.39, 0.29) is 16.7 Å². The zero-order valence-electron chi connectivity index (χ0n) is 17.6. The van der Waals surface area contributed by atoms with Crippen LogP contribution < -0.4 is 5.56 Å². The average Bonchev–Trinajstić information content (AvgIpc) is 2.70. The summed E-state index contributed by atoms with van der Waals surface area (Å²) in [6.45, 7) is 11.2. The number of para-hydroxylation sites is 1. The number of thioether (sulfide) groups is 1. The minimum atomic E-state index is -0.347. The van der Waals surface area contributed by atoms with Gasteiger partial charge in [-0.25, -0.2) is 4.98 Å². The molecule has 0 saturated heterocycles. The second kappa shape index (κ2) is 8.82. The molecule has 5 nitrogen and oxygen atoms in total. The van der Waals surface area contributed by atoms with Crippen LogP contribution in [0.25, 0.3) is 16.6 Å². The minimum absolute atomic E-state index is 0.0505. The first-order valence-electron chi connectivity index (χ1n) is 9.92. The number of nitrogens with zero attached hydrogens (tertiary/aromatic N) is 3. The number of fused-ring (bicyclic) bond motifs is 1. The molecule has 0 N–H and O–H groups in total. The van der Waals surface area contributed by atoms with Crippen LogP contribution in [0.5, 0.6) is 0 Å². The topological polar surface area (TPSA) is 55.2 Å². The van der Waals surface area contributed by atoms with Crippen molar-refractivity contribution in [3.63, 3.8) is 0 Å². The second-order valence-corrected chi connectivity index (χ2v) is 8.42. The summed E-state index contributed by atoms with van der Waals surface area (Å²) in [6.07, 6.45) is 0. The van der Waals surface area contributed by atoms with Crippen LogP contribution in [0.3, 0.4) is 0 Å². The molecular weight excluding hydrogens is 382 g/mol. The second-order valence-electron chi connectivity index (χ2n) is 7.11. The zero-order chi connectivity index (χ0) is 21.1. The first-order chi connectivity index (χ1) is 13.9. The van der Waals surface area contributed by atoms with Crippen LogP contribution in [0, 0.1) is 13.8 Å². The molecule has 0 aliphatic rings. The normalized spacial score (nSPS) is 12.2. The number of aryl methyl sites for hydroxylation is 2. The number of rotatable bonds is 6. The number of benzene rings is 2. The Morgan fingerprint density at radius 2 is 1.83 bits per heavy atom. The van der Waals surface area contributed by atoms with E-state index >= 15 is 0 Å². The lowest BCUT2D eigenvalue weighted by molar-refractivity contribution is -0.129. The highest BCUT2D eigenvalue weighted by Crippen LogP contribution is 2.27. The Hall–Kier alpha value is -2.60. The Balaban J connectivity index is 2.17. The first-order valence-corrected chi connectivity index (χ1v) is 10.8. The molecule has 0 fully saturated rings. The quantitative estimate of drug-likeness (QED) is 0.449. The van der Waals surface area contributed by atoms with E-state index in [4.69, 9.17) is 4.98 Å². The van der Waals surface area contributed by atoms with Gasteiger partial charge in [-0.2, -0.15) is 0 Å². The molecular formula is C23H27N3O2S. The predicted molar refractivity (Wildman–Crippen MR) is 120 cm³/mol. The minimum Gasteiger partial charge on any atom is -0.342 e. The van der Waals surface area contributed by atoms with Gasteiger partial charge in [-0.15, -0.1) is 0 Å². The summed E-state index contributed by atoms with van der Waals surface area (Å²) in [5.74, 6) is 0.0505. The van der Waals surface area contributed by atoms with E-state index in [1.807, 2.05) is 65.0 Å². The summed E-state index contributed by atoms with van der Waals surface area (Å²) in [6, 6.07) is 13.3. The molecule has 1 unspecified atom stereocenters. The smallest absolute Gasteiger partial charge is 0.266 e. The van der Waals surface area contributed by atoms with Crippen molar-refractivity contribution >= 4 is 28.6 Å². The molecule has 1 atom stereocenters. The van der Waals surface area contributed by atoms with E-state index in [0.717, 1.165) is 16.8 Å². The van der Waals surface area contributed by atoms with E-state index in [1.165, 1.54) is 11.8 Å². The molecule has 0 bridgehead atoms. The highest BCUT2D eigenvalue weighted by Gasteiger charge is 2.23. The maximum atomic E-state index is 13.4. The maximum Gasteiger partial charge on any atom is 0.266 e. The van der Waals surface area contributed by atoms with Crippen LogP contribution in [0.4, 0.5) is 0 Å². The SMILES string of the molecule is CCN(CC)C(=O)C(C)Sc1nc2ccccc2c(=O)n1-c1ccc(C)cc1C. The molecule has 29 heavy (non-hydrogen) atoms. The van der Waals surface area contributed by atoms with Crippen LogP contribution in [0.2, 0.25) is 0 Å². The summed E-state index contributed by atoms with van der Waals surface area (Å²) >= 11 is 1.33. The molecule has 152 valence electrons. The monoisotopic (exact) mass is 409 g/mol. The fraction of sp³-hybridized carbons (Fsp3) is 0.348. The summed E-state index contributed by atoms with van der Waals surface area (Å²) in [5, 5.41) is 0.758. The van der Waals surface area contributed by atoms with Gasteiger partial charge in [0.25, 0.3) is 5.56 Å². The molecule has 3 aromatic rings. The van der Waals surface area contributed by atoms with Crippen LogP contribution in [0.15, 0.2) is 52.4 Å². The molecule has 0 aliphatic heterocycles. The summed E-state index contributed by atoms with van der Waals surface area (Å²) in [4.78, 5) is 32.8. The standard InChI is InChI=1S/C23H27N3O2S/c1-6-25(7-2)21(27)17(5)29-23-24-19-11-9-8-10-18(19)22(28)26(23)20-13-12-15(3)14-16(20)4/h8-14,17H,6-7H2,1-5H3. The van der Waals surface area contributed by atoms with Gasteiger partial charge < -0.3 is 4.90 Å². The third-order valence-corrected chi connectivity index (χ3v) is 6.08. The molecule has 0 spiro atoms. The van der Waals surface area contributed by atoms with Crippen molar-refractivity contribution in [2.75, 3.05) is 13.1 Å². The molecule has 3 rings (SSSR count). The van der Waals surface area contributed by atoms with Crippen molar-refractivity contribution in [3.05, 3.63) is 63.9 Å². The van der Waals surface area contributed by atoms with Gasteiger partial charge in [0.15, 0.2) is 5.16 Å². The van der Waals surface area contributed by atoms with E-state index in [0.29, 0.717) is 29.1 Å². The average molecular weight is 410 g/mol. The molecule has 0 aliphatic carbocycles. The number of hydrogen-bond donors (Lipinski definition) is 0. The molecule has 0 saturated carbocycles. The van der Waals surface area contributed by atoms with Gasteiger partial charge in [-0.05, 0) is 58.4 Å². The number of carbonyl (C=O) groups is 1. The number of aromatic nitrogens is 2. The highest BCUT2D eigenvalue weighted by atomic mass is 32.2. The van der Waals surface area contributed by atoms with Gasteiger partial charge in [0.2, 0.25) is 5.91 Å². The van der Waals surface area contributed by atoms with Crippen molar-refractivity contribution < 1.29 is 4.79 Å². The van der Waals surface area contributed by atoms with Crippen molar-refractivity contribution in [1.29, 1.82) is 0 Å². The Labute approximate surface area is 175 Å². The van der Waals surface area contributed by atoms with Crippen LogP contribution in [-0.2, 0) is 4.79 Å². The molecule has 1 aromatic heterocycles. The zero-order valence-corrected chi connectivity index (χ0v) is 18.4. The lowest BCUT2D eigenvalue weighted by Crippen LogP contribution is -2.36.